The van der Waals surface area contributed by atoms with E-state index in [0.717, 1.165) is 22.8 Å². The first-order chi connectivity index (χ1) is 13.3. The van der Waals surface area contributed by atoms with Crippen molar-refractivity contribution in [2.45, 2.75) is 5.16 Å². The molecule has 0 atom stereocenters. The number of carboxylic acid groups (broad SMARTS) is 1. The largest absolute Gasteiger partial charge is 0.481 e. The molecule has 3 aromatic rings. The lowest BCUT2D eigenvalue weighted by molar-refractivity contribution is -0.133. The Balaban J connectivity index is 1.83. The number of hydrogen-bond donors (Lipinski definition) is 2. The highest BCUT2D eigenvalue weighted by Gasteiger charge is 2.09. The molecule has 0 aliphatic heterocycles. The number of benzene rings is 2. The van der Waals surface area contributed by atoms with Crippen LogP contribution in [0.2, 0.25) is 5.02 Å². The van der Waals surface area contributed by atoms with Gasteiger partial charge in [-0.15, -0.1) is 0 Å². The zero-order valence-electron chi connectivity index (χ0n) is 15.1. The van der Waals surface area contributed by atoms with Crippen LogP contribution < -0.4 is 0 Å². The molecule has 0 fully saturated rings. The molecule has 0 saturated carbocycles. The summed E-state index contributed by atoms with van der Waals surface area (Å²) in [5, 5.41) is 9.75. The number of amides is 1. The van der Waals surface area contributed by atoms with Crippen molar-refractivity contribution in [2.75, 3.05) is 19.8 Å². The molecule has 1 aromatic heterocycles. The van der Waals surface area contributed by atoms with E-state index in [1.807, 2.05) is 0 Å². The Labute approximate surface area is 170 Å². The molecule has 6 nitrogen and oxygen atoms in total. The summed E-state index contributed by atoms with van der Waals surface area (Å²) in [5.74, 6) is 5.00. The summed E-state index contributed by atoms with van der Waals surface area (Å²) in [6.07, 6.45) is 0. The Hall–Kier alpha value is -2.95. The standard InChI is InChI=1S/C20H16ClN3O3S/c1-24(2)19(27)13-6-3-12(4-7-13)5-8-14-9-16-17(10-15(14)21)23-20(22-16)28-11-18(25)26/h3-4,6-7,9-10H,11H2,1-2H3,(H,22,23)(H,25,26). The van der Waals surface area contributed by atoms with Crippen molar-refractivity contribution in [1.82, 2.24) is 14.9 Å². The summed E-state index contributed by atoms with van der Waals surface area (Å²) in [7, 11) is 3.41. The molecule has 1 heterocycles. The minimum absolute atomic E-state index is 0.0666. The Morgan fingerprint density at radius 3 is 2.57 bits per heavy atom. The van der Waals surface area contributed by atoms with Gasteiger partial charge in [0.25, 0.3) is 5.91 Å². The van der Waals surface area contributed by atoms with Crippen molar-refractivity contribution >= 4 is 46.3 Å². The Morgan fingerprint density at radius 2 is 1.93 bits per heavy atom. The van der Waals surface area contributed by atoms with Crippen molar-refractivity contribution in [3.63, 3.8) is 0 Å². The van der Waals surface area contributed by atoms with Crippen molar-refractivity contribution in [1.29, 1.82) is 0 Å². The van der Waals surface area contributed by atoms with E-state index in [2.05, 4.69) is 21.8 Å². The zero-order chi connectivity index (χ0) is 20.3. The van der Waals surface area contributed by atoms with Gasteiger partial charge in [-0.05, 0) is 36.4 Å². The number of imidazole rings is 1. The number of hydrogen-bond acceptors (Lipinski definition) is 4. The van der Waals surface area contributed by atoms with E-state index in [0.29, 0.717) is 26.8 Å². The molecule has 0 radical (unpaired) electrons. The van der Waals surface area contributed by atoms with Crippen LogP contribution in [0.3, 0.4) is 0 Å². The first-order valence-corrected chi connectivity index (χ1v) is 9.57. The molecule has 0 spiro atoms. The van der Waals surface area contributed by atoms with Crippen molar-refractivity contribution in [3.8, 4) is 11.8 Å². The third kappa shape index (κ3) is 4.66. The van der Waals surface area contributed by atoms with Gasteiger partial charge in [0.15, 0.2) is 5.16 Å². The summed E-state index contributed by atoms with van der Waals surface area (Å²) in [5.41, 5.74) is 3.34. The molecule has 0 unspecified atom stereocenters. The summed E-state index contributed by atoms with van der Waals surface area (Å²) in [6, 6.07) is 10.5. The van der Waals surface area contributed by atoms with Crippen LogP contribution in [0.25, 0.3) is 11.0 Å². The van der Waals surface area contributed by atoms with Gasteiger partial charge < -0.3 is 15.0 Å². The Kier molecular flexibility index (Phi) is 5.93. The molecule has 0 saturated heterocycles. The predicted molar refractivity (Wildman–Crippen MR) is 110 cm³/mol. The Morgan fingerprint density at radius 1 is 1.21 bits per heavy atom. The second-order valence-corrected chi connectivity index (χ2v) is 7.47. The van der Waals surface area contributed by atoms with Crippen molar-refractivity contribution in [3.05, 3.63) is 58.1 Å². The van der Waals surface area contributed by atoms with Crippen LogP contribution in [0.4, 0.5) is 0 Å². The maximum absolute atomic E-state index is 11.9. The van der Waals surface area contributed by atoms with Gasteiger partial charge in [0.1, 0.15) is 0 Å². The van der Waals surface area contributed by atoms with E-state index in [9.17, 15) is 9.59 Å². The molecular formula is C20H16ClN3O3S. The van der Waals surface area contributed by atoms with Crippen LogP contribution in [0, 0.1) is 11.8 Å². The van der Waals surface area contributed by atoms with E-state index in [1.54, 1.807) is 50.5 Å². The third-order valence-corrected chi connectivity index (χ3v) is 4.93. The molecule has 1 amide bonds. The van der Waals surface area contributed by atoms with Crippen LogP contribution in [0.1, 0.15) is 21.5 Å². The monoisotopic (exact) mass is 413 g/mol. The molecule has 0 bridgehead atoms. The van der Waals surface area contributed by atoms with Crippen LogP contribution in [0.5, 0.6) is 0 Å². The van der Waals surface area contributed by atoms with Crippen LogP contribution >= 0.6 is 23.4 Å². The highest BCUT2D eigenvalue weighted by Crippen LogP contribution is 2.25. The van der Waals surface area contributed by atoms with Crippen LogP contribution in [-0.2, 0) is 4.79 Å². The van der Waals surface area contributed by atoms with Gasteiger partial charge in [0.2, 0.25) is 0 Å². The van der Waals surface area contributed by atoms with E-state index < -0.39 is 5.97 Å². The minimum Gasteiger partial charge on any atom is -0.481 e. The number of aliphatic carboxylic acids is 1. The second kappa shape index (κ2) is 8.38. The van der Waals surface area contributed by atoms with E-state index in [4.69, 9.17) is 16.7 Å². The summed E-state index contributed by atoms with van der Waals surface area (Å²) < 4.78 is 0. The van der Waals surface area contributed by atoms with E-state index in [-0.39, 0.29) is 11.7 Å². The number of aromatic nitrogens is 2. The SMILES string of the molecule is CN(C)C(=O)c1ccc(C#Cc2cc3nc(SCC(=O)O)[nH]c3cc2Cl)cc1. The summed E-state index contributed by atoms with van der Waals surface area (Å²) in [6.45, 7) is 0. The first kappa shape index (κ1) is 19.8. The maximum atomic E-state index is 11.9. The van der Waals surface area contributed by atoms with Crippen molar-refractivity contribution < 1.29 is 14.7 Å². The number of carboxylic acids is 1. The average Bonchev–Trinajstić information content (AvgIpc) is 3.05. The highest BCUT2D eigenvalue weighted by atomic mass is 35.5. The molecule has 3 rings (SSSR count). The topological polar surface area (TPSA) is 86.3 Å². The molecule has 0 aliphatic rings. The van der Waals surface area contributed by atoms with Gasteiger partial charge >= 0.3 is 5.97 Å². The van der Waals surface area contributed by atoms with Gasteiger partial charge in [0.05, 0.1) is 21.8 Å². The fraction of sp³-hybridized carbons (Fsp3) is 0.150. The Bertz CT molecular complexity index is 1110. The number of aromatic amines is 1. The molecule has 142 valence electrons. The number of H-pyrrole nitrogens is 1. The second-order valence-electron chi connectivity index (χ2n) is 6.10. The van der Waals surface area contributed by atoms with Gasteiger partial charge in [-0.2, -0.15) is 0 Å². The number of nitrogens with zero attached hydrogens (tertiary/aromatic N) is 2. The van der Waals surface area contributed by atoms with Gasteiger partial charge in [-0.25, -0.2) is 4.98 Å². The number of nitrogens with one attached hydrogen (secondary N) is 1. The highest BCUT2D eigenvalue weighted by molar-refractivity contribution is 7.99. The van der Waals surface area contributed by atoms with E-state index >= 15 is 0 Å². The third-order valence-electron chi connectivity index (χ3n) is 3.76. The smallest absolute Gasteiger partial charge is 0.313 e. The van der Waals surface area contributed by atoms with Crippen LogP contribution in [-0.4, -0.2) is 51.7 Å². The normalized spacial score (nSPS) is 10.4. The van der Waals surface area contributed by atoms with Gasteiger partial charge in [-0.1, -0.05) is 35.2 Å². The molecule has 2 aromatic carbocycles. The summed E-state index contributed by atoms with van der Waals surface area (Å²) in [4.78, 5) is 31.5. The summed E-state index contributed by atoms with van der Waals surface area (Å²) >= 11 is 7.41. The van der Waals surface area contributed by atoms with Gasteiger partial charge in [-0.3, -0.25) is 9.59 Å². The maximum Gasteiger partial charge on any atom is 0.313 e. The van der Waals surface area contributed by atoms with Crippen molar-refractivity contribution in [2.24, 2.45) is 0 Å². The first-order valence-electron chi connectivity index (χ1n) is 8.21. The average molecular weight is 414 g/mol. The lowest BCUT2D eigenvalue weighted by atomic mass is 10.1. The molecule has 8 heteroatoms. The molecule has 2 N–H and O–H groups in total. The van der Waals surface area contributed by atoms with E-state index in [1.165, 1.54) is 4.90 Å². The molecule has 0 aliphatic carbocycles. The lowest BCUT2D eigenvalue weighted by Crippen LogP contribution is -2.21. The quantitative estimate of drug-likeness (QED) is 0.505. The number of thioether (sulfide) groups is 1. The number of carbonyl (C=O) groups is 2. The zero-order valence-corrected chi connectivity index (χ0v) is 16.7. The van der Waals surface area contributed by atoms with Crippen LogP contribution in [0.15, 0.2) is 41.6 Å². The van der Waals surface area contributed by atoms with Gasteiger partial charge in [0, 0.05) is 30.8 Å². The molecule has 28 heavy (non-hydrogen) atoms. The number of fused-ring (bicyclic) bond motifs is 1. The number of carbonyl (C=O) groups excluding carboxylic acids is 1. The lowest BCUT2D eigenvalue weighted by Gasteiger charge is -2.09. The number of halogens is 1. The number of rotatable bonds is 4. The molecular weight excluding hydrogens is 398 g/mol. The predicted octanol–water partition coefficient (Wildman–Crippen LogP) is 3.49. The fourth-order valence-corrected chi connectivity index (χ4v) is 3.21. The minimum atomic E-state index is -0.909. The fourth-order valence-electron chi connectivity index (χ4n) is 2.40.